The lowest BCUT2D eigenvalue weighted by atomic mass is 9.74. The lowest BCUT2D eigenvalue weighted by Crippen LogP contribution is -2.17. The van der Waals surface area contributed by atoms with Crippen LogP contribution < -0.4 is 4.74 Å². The van der Waals surface area contributed by atoms with E-state index in [0.29, 0.717) is 5.92 Å². The Labute approximate surface area is 119 Å². The summed E-state index contributed by atoms with van der Waals surface area (Å²) in [6.07, 6.45) is 1.84. The summed E-state index contributed by atoms with van der Waals surface area (Å²) in [5, 5.41) is 9.48. The Hall–Kier alpha value is -2.27. The minimum absolute atomic E-state index is 0.0425. The predicted octanol–water partition coefficient (Wildman–Crippen LogP) is 4.03. The van der Waals surface area contributed by atoms with E-state index in [1.165, 1.54) is 11.1 Å². The van der Waals surface area contributed by atoms with Crippen molar-refractivity contribution in [2.24, 2.45) is 0 Å². The third-order valence-corrected chi connectivity index (χ3v) is 4.16. The molecule has 100 valence electrons. The Kier molecular flexibility index (Phi) is 3.43. The quantitative estimate of drug-likeness (QED) is 0.819. The molecule has 0 N–H and O–H groups in total. The molecule has 0 fully saturated rings. The van der Waals surface area contributed by atoms with Crippen LogP contribution in [0.3, 0.4) is 0 Å². The van der Waals surface area contributed by atoms with E-state index in [2.05, 4.69) is 36.4 Å². The Morgan fingerprint density at radius 1 is 1.10 bits per heavy atom. The van der Waals surface area contributed by atoms with Crippen LogP contribution in [0.1, 0.15) is 34.9 Å². The maximum absolute atomic E-state index is 9.48. The summed E-state index contributed by atoms with van der Waals surface area (Å²) >= 11 is 0. The van der Waals surface area contributed by atoms with Crippen LogP contribution in [0.5, 0.6) is 5.75 Å². The molecule has 2 nitrogen and oxygen atoms in total. The van der Waals surface area contributed by atoms with E-state index in [9.17, 15) is 5.26 Å². The Morgan fingerprint density at radius 3 is 2.60 bits per heavy atom. The van der Waals surface area contributed by atoms with E-state index < -0.39 is 0 Å². The highest BCUT2D eigenvalue weighted by Crippen LogP contribution is 2.42. The van der Waals surface area contributed by atoms with Crippen molar-refractivity contribution >= 4 is 0 Å². The van der Waals surface area contributed by atoms with E-state index >= 15 is 0 Å². The first-order valence-corrected chi connectivity index (χ1v) is 6.94. The van der Waals surface area contributed by atoms with Crippen LogP contribution in [-0.2, 0) is 6.42 Å². The molecule has 2 aromatic carbocycles. The number of nitriles is 1. The molecule has 2 unspecified atom stereocenters. The van der Waals surface area contributed by atoms with Gasteiger partial charge in [-0.2, -0.15) is 5.26 Å². The Morgan fingerprint density at radius 2 is 1.90 bits per heavy atom. The van der Waals surface area contributed by atoms with Crippen molar-refractivity contribution in [1.82, 2.24) is 0 Å². The van der Waals surface area contributed by atoms with E-state index in [-0.39, 0.29) is 5.92 Å². The number of ether oxygens (including phenoxy) is 1. The molecule has 0 aliphatic heterocycles. The van der Waals surface area contributed by atoms with Crippen LogP contribution in [-0.4, -0.2) is 7.11 Å². The lowest BCUT2D eigenvalue weighted by Gasteiger charge is -2.29. The zero-order valence-corrected chi connectivity index (χ0v) is 11.5. The van der Waals surface area contributed by atoms with E-state index in [1.54, 1.807) is 7.11 Å². The third-order valence-electron chi connectivity index (χ3n) is 4.16. The average Bonchev–Trinajstić information content (AvgIpc) is 2.54. The molecule has 3 rings (SSSR count). The molecule has 2 aromatic rings. The Balaban J connectivity index is 2.04. The number of hydrogen-bond donors (Lipinski definition) is 0. The number of nitrogens with zero attached hydrogens (tertiary/aromatic N) is 1. The molecule has 0 radical (unpaired) electrons. The van der Waals surface area contributed by atoms with Gasteiger partial charge in [-0.25, -0.2) is 0 Å². The second kappa shape index (κ2) is 5.38. The van der Waals surface area contributed by atoms with Gasteiger partial charge in [-0.05, 0) is 41.5 Å². The zero-order chi connectivity index (χ0) is 13.9. The molecule has 0 saturated heterocycles. The lowest BCUT2D eigenvalue weighted by molar-refractivity contribution is 0.401. The predicted molar refractivity (Wildman–Crippen MR) is 78.9 cm³/mol. The molecule has 2 atom stereocenters. The first kappa shape index (κ1) is 12.7. The standard InChI is InChI=1S/C18H17NO/c1-20-18-9-5-8-16-15(12-19)10-14(11-17(16)18)13-6-3-2-4-7-13/h2-9,14-15H,10-11H2,1H3. The van der Waals surface area contributed by atoms with Gasteiger partial charge in [-0.1, -0.05) is 42.5 Å². The second-order valence-corrected chi connectivity index (χ2v) is 5.26. The molecule has 1 aliphatic rings. The summed E-state index contributed by atoms with van der Waals surface area (Å²) in [6.45, 7) is 0. The maximum atomic E-state index is 9.48. The van der Waals surface area contributed by atoms with Crippen molar-refractivity contribution in [2.75, 3.05) is 7.11 Å². The monoisotopic (exact) mass is 263 g/mol. The fourth-order valence-electron chi connectivity index (χ4n) is 3.16. The largest absolute Gasteiger partial charge is 0.496 e. The van der Waals surface area contributed by atoms with Crippen molar-refractivity contribution in [2.45, 2.75) is 24.7 Å². The first-order chi connectivity index (χ1) is 9.83. The van der Waals surface area contributed by atoms with Gasteiger partial charge in [0.2, 0.25) is 0 Å². The molecule has 0 saturated carbocycles. The summed E-state index contributed by atoms with van der Waals surface area (Å²) in [4.78, 5) is 0. The second-order valence-electron chi connectivity index (χ2n) is 5.26. The smallest absolute Gasteiger partial charge is 0.122 e. The van der Waals surface area contributed by atoms with Gasteiger partial charge in [0.25, 0.3) is 0 Å². The van der Waals surface area contributed by atoms with Gasteiger partial charge < -0.3 is 4.74 Å². The molecule has 2 heteroatoms. The molecule has 0 spiro atoms. The van der Waals surface area contributed by atoms with Crippen molar-refractivity contribution in [3.8, 4) is 11.8 Å². The summed E-state index contributed by atoms with van der Waals surface area (Å²) in [5.41, 5.74) is 3.64. The molecule has 0 amide bonds. The normalized spacial score (nSPS) is 20.8. The Bertz CT molecular complexity index is 642. The fraction of sp³-hybridized carbons (Fsp3) is 0.278. The molecule has 0 aromatic heterocycles. The van der Waals surface area contributed by atoms with Crippen molar-refractivity contribution in [3.05, 3.63) is 65.2 Å². The molecule has 20 heavy (non-hydrogen) atoms. The molecular weight excluding hydrogens is 246 g/mol. The summed E-state index contributed by atoms with van der Waals surface area (Å²) in [5.74, 6) is 1.26. The van der Waals surface area contributed by atoms with Gasteiger partial charge in [0.15, 0.2) is 0 Å². The molecule has 0 heterocycles. The minimum Gasteiger partial charge on any atom is -0.496 e. The zero-order valence-electron chi connectivity index (χ0n) is 11.5. The van der Waals surface area contributed by atoms with Crippen molar-refractivity contribution in [3.63, 3.8) is 0 Å². The fourth-order valence-corrected chi connectivity index (χ4v) is 3.16. The highest BCUT2D eigenvalue weighted by atomic mass is 16.5. The first-order valence-electron chi connectivity index (χ1n) is 6.94. The number of fused-ring (bicyclic) bond motifs is 1. The van der Waals surface area contributed by atoms with Crippen molar-refractivity contribution < 1.29 is 4.74 Å². The number of hydrogen-bond acceptors (Lipinski definition) is 2. The third kappa shape index (κ3) is 2.16. The van der Waals surface area contributed by atoms with Gasteiger partial charge in [0.1, 0.15) is 5.75 Å². The van der Waals surface area contributed by atoms with Gasteiger partial charge in [0.05, 0.1) is 19.1 Å². The summed E-state index contributed by atoms with van der Waals surface area (Å²) in [7, 11) is 1.70. The molecule has 1 aliphatic carbocycles. The maximum Gasteiger partial charge on any atom is 0.122 e. The van der Waals surface area contributed by atoms with Crippen LogP contribution in [0.25, 0.3) is 0 Å². The molecule has 0 bridgehead atoms. The molecular formula is C18H17NO. The van der Waals surface area contributed by atoms with E-state index in [1.807, 2.05) is 18.2 Å². The van der Waals surface area contributed by atoms with Crippen LogP contribution in [0.4, 0.5) is 0 Å². The number of benzene rings is 2. The summed E-state index contributed by atoms with van der Waals surface area (Å²) in [6, 6.07) is 18.9. The van der Waals surface area contributed by atoms with Crippen LogP contribution in [0, 0.1) is 11.3 Å². The van der Waals surface area contributed by atoms with E-state index in [0.717, 1.165) is 24.2 Å². The van der Waals surface area contributed by atoms with Crippen molar-refractivity contribution in [1.29, 1.82) is 5.26 Å². The van der Waals surface area contributed by atoms with Crippen LogP contribution >= 0.6 is 0 Å². The highest BCUT2D eigenvalue weighted by molar-refractivity contribution is 5.47. The SMILES string of the molecule is COc1cccc2c1CC(c1ccccc1)CC2C#N. The highest BCUT2D eigenvalue weighted by Gasteiger charge is 2.29. The van der Waals surface area contributed by atoms with Crippen LogP contribution in [0.15, 0.2) is 48.5 Å². The number of methoxy groups -OCH3 is 1. The average molecular weight is 263 g/mol. The van der Waals surface area contributed by atoms with E-state index in [4.69, 9.17) is 4.74 Å². The van der Waals surface area contributed by atoms with Gasteiger partial charge >= 0.3 is 0 Å². The van der Waals surface area contributed by atoms with Crippen LogP contribution in [0.2, 0.25) is 0 Å². The topological polar surface area (TPSA) is 33.0 Å². The number of rotatable bonds is 2. The van der Waals surface area contributed by atoms with Gasteiger partial charge in [-0.15, -0.1) is 0 Å². The minimum atomic E-state index is -0.0425. The van der Waals surface area contributed by atoms with Gasteiger partial charge in [-0.3, -0.25) is 0 Å². The van der Waals surface area contributed by atoms with Gasteiger partial charge in [0, 0.05) is 0 Å². The summed E-state index contributed by atoms with van der Waals surface area (Å²) < 4.78 is 5.48.